The normalized spacial score (nSPS) is 16.8. The van der Waals surface area contributed by atoms with E-state index in [1.807, 2.05) is 27.8 Å². The average Bonchev–Trinajstić information content (AvgIpc) is 3.27. The molecule has 0 saturated carbocycles. The number of sulfonamides is 1. The monoisotopic (exact) mass is 440 g/mol. The summed E-state index contributed by atoms with van der Waals surface area (Å²) in [7, 11) is -1.93. The predicted octanol–water partition coefficient (Wildman–Crippen LogP) is 1.43. The number of amides is 1. The fraction of sp³-hybridized carbons (Fsp3) is 0.500. The van der Waals surface area contributed by atoms with E-state index < -0.39 is 16.0 Å². The molecule has 0 spiro atoms. The second kappa shape index (κ2) is 7.88. The van der Waals surface area contributed by atoms with Crippen LogP contribution in [0.1, 0.15) is 40.2 Å². The maximum absolute atomic E-state index is 13.0. The number of carbonyl (C=O) groups is 2. The van der Waals surface area contributed by atoms with E-state index in [4.69, 9.17) is 5.11 Å². The lowest BCUT2D eigenvalue weighted by molar-refractivity contribution is -0.133. The van der Waals surface area contributed by atoms with Gasteiger partial charge in [0.25, 0.3) is 10.0 Å². The van der Waals surface area contributed by atoms with Crippen molar-refractivity contribution in [2.24, 2.45) is 7.05 Å². The first-order valence-electron chi connectivity index (χ1n) is 9.15. The topological polar surface area (TPSA) is 113 Å². The van der Waals surface area contributed by atoms with Crippen LogP contribution in [0.4, 0.5) is 0 Å². The van der Waals surface area contributed by atoms with Crippen LogP contribution in [0.15, 0.2) is 15.7 Å². The molecule has 0 aromatic carbocycles. The highest BCUT2D eigenvalue weighted by atomic mass is 32.2. The zero-order valence-electron chi connectivity index (χ0n) is 16.7. The summed E-state index contributed by atoms with van der Waals surface area (Å²) in [5.41, 5.74) is 2.63. The van der Waals surface area contributed by atoms with E-state index in [9.17, 15) is 18.0 Å². The standard InChI is InChI=1S/C18H24N4O5S2/c1-11(16-12(2)19-20(4)13(16)3)17(23)21-5-7-22(8-6-21)29(26,27)15-9-14(10-28-15)18(24)25/h9-11H,5-8H2,1-4H3,(H,24,25). The molecule has 158 valence electrons. The number of carbonyl (C=O) groups excluding carboxylic acids is 1. The van der Waals surface area contributed by atoms with E-state index in [0.717, 1.165) is 28.3 Å². The van der Waals surface area contributed by atoms with E-state index >= 15 is 0 Å². The van der Waals surface area contributed by atoms with E-state index in [0.29, 0.717) is 0 Å². The van der Waals surface area contributed by atoms with Gasteiger partial charge in [0.1, 0.15) is 4.21 Å². The summed E-state index contributed by atoms with van der Waals surface area (Å²) in [5, 5.41) is 14.7. The molecule has 1 unspecified atom stereocenters. The van der Waals surface area contributed by atoms with Crippen molar-refractivity contribution in [2.45, 2.75) is 30.9 Å². The number of hydrogen-bond acceptors (Lipinski definition) is 6. The summed E-state index contributed by atoms with van der Waals surface area (Å²) >= 11 is 0.893. The van der Waals surface area contributed by atoms with Gasteiger partial charge in [-0.3, -0.25) is 9.48 Å². The molecule has 1 N–H and O–H groups in total. The van der Waals surface area contributed by atoms with Crippen molar-refractivity contribution in [2.75, 3.05) is 26.2 Å². The molecule has 0 bridgehead atoms. The third kappa shape index (κ3) is 3.94. The van der Waals surface area contributed by atoms with Crippen LogP contribution in [-0.2, 0) is 21.9 Å². The number of thiophene rings is 1. The van der Waals surface area contributed by atoms with Crippen molar-refractivity contribution in [3.8, 4) is 0 Å². The minimum absolute atomic E-state index is 0.00431. The molecule has 3 heterocycles. The highest BCUT2D eigenvalue weighted by molar-refractivity contribution is 7.91. The van der Waals surface area contributed by atoms with Crippen molar-refractivity contribution in [1.82, 2.24) is 19.0 Å². The Hall–Kier alpha value is -2.24. The van der Waals surface area contributed by atoms with Gasteiger partial charge in [-0.05, 0) is 26.8 Å². The van der Waals surface area contributed by atoms with E-state index in [1.54, 1.807) is 9.58 Å². The number of hydrogen-bond donors (Lipinski definition) is 1. The number of nitrogens with zero attached hydrogens (tertiary/aromatic N) is 4. The van der Waals surface area contributed by atoms with Crippen LogP contribution in [0.3, 0.4) is 0 Å². The molecule has 3 rings (SSSR count). The van der Waals surface area contributed by atoms with Crippen LogP contribution in [0.2, 0.25) is 0 Å². The first-order chi connectivity index (χ1) is 13.5. The fourth-order valence-corrected chi connectivity index (χ4v) is 6.38. The number of aromatic nitrogens is 2. The van der Waals surface area contributed by atoms with Gasteiger partial charge in [0.15, 0.2) is 0 Å². The quantitative estimate of drug-likeness (QED) is 0.753. The summed E-state index contributed by atoms with van der Waals surface area (Å²) in [6.45, 7) is 6.58. The summed E-state index contributed by atoms with van der Waals surface area (Å²) in [6.07, 6.45) is 0. The average molecular weight is 441 g/mol. The lowest BCUT2D eigenvalue weighted by atomic mass is 9.97. The molecule has 2 aromatic heterocycles. The number of carboxylic acid groups (broad SMARTS) is 1. The van der Waals surface area contributed by atoms with Crippen molar-refractivity contribution >= 4 is 33.2 Å². The molecule has 1 saturated heterocycles. The van der Waals surface area contributed by atoms with Crippen LogP contribution in [0, 0.1) is 13.8 Å². The molecule has 11 heteroatoms. The molecule has 2 aromatic rings. The minimum Gasteiger partial charge on any atom is -0.478 e. The molecule has 0 radical (unpaired) electrons. The highest BCUT2D eigenvalue weighted by Crippen LogP contribution is 2.27. The molecule has 1 fully saturated rings. The van der Waals surface area contributed by atoms with Crippen molar-refractivity contribution in [3.05, 3.63) is 34.0 Å². The zero-order chi connectivity index (χ0) is 21.5. The van der Waals surface area contributed by atoms with E-state index in [1.165, 1.54) is 15.8 Å². The lowest BCUT2D eigenvalue weighted by Crippen LogP contribution is -2.51. The summed E-state index contributed by atoms with van der Waals surface area (Å²) in [6, 6.07) is 1.18. The molecule has 29 heavy (non-hydrogen) atoms. The Morgan fingerprint density at radius 1 is 1.21 bits per heavy atom. The Bertz CT molecular complexity index is 1050. The van der Waals surface area contributed by atoms with Crippen LogP contribution >= 0.6 is 11.3 Å². The second-order valence-electron chi connectivity index (χ2n) is 7.12. The predicted molar refractivity (Wildman–Crippen MR) is 108 cm³/mol. The summed E-state index contributed by atoms with van der Waals surface area (Å²) < 4.78 is 28.6. The van der Waals surface area contributed by atoms with Gasteiger partial charge in [0.05, 0.1) is 17.2 Å². The fourth-order valence-electron chi connectivity index (χ4n) is 3.65. The van der Waals surface area contributed by atoms with Crippen molar-refractivity contribution in [1.29, 1.82) is 0 Å². The van der Waals surface area contributed by atoms with Crippen molar-refractivity contribution in [3.63, 3.8) is 0 Å². The van der Waals surface area contributed by atoms with Gasteiger partial charge in [0, 0.05) is 49.9 Å². The molecule has 0 aliphatic carbocycles. The first kappa shape index (κ1) is 21.5. The van der Waals surface area contributed by atoms with Gasteiger partial charge in [-0.1, -0.05) is 0 Å². The number of piperazine rings is 1. The molecule has 1 atom stereocenters. The number of carboxylic acids is 1. The van der Waals surface area contributed by atoms with Gasteiger partial charge >= 0.3 is 5.97 Å². The van der Waals surface area contributed by atoms with Gasteiger partial charge in [-0.2, -0.15) is 9.40 Å². The zero-order valence-corrected chi connectivity index (χ0v) is 18.4. The van der Waals surface area contributed by atoms with Crippen LogP contribution < -0.4 is 0 Å². The van der Waals surface area contributed by atoms with Gasteiger partial charge in [-0.25, -0.2) is 13.2 Å². The molecule has 1 aliphatic heterocycles. The second-order valence-corrected chi connectivity index (χ2v) is 10.2. The summed E-state index contributed by atoms with van der Waals surface area (Å²) in [4.78, 5) is 25.7. The van der Waals surface area contributed by atoms with E-state index in [-0.39, 0.29) is 47.8 Å². The maximum Gasteiger partial charge on any atom is 0.336 e. The third-order valence-corrected chi connectivity index (χ3v) is 8.65. The minimum atomic E-state index is -3.77. The number of rotatable bonds is 5. The van der Waals surface area contributed by atoms with Crippen LogP contribution in [0.5, 0.6) is 0 Å². The molecular formula is C18H24N4O5S2. The Morgan fingerprint density at radius 2 is 1.83 bits per heavy atom. The number of aryl methyl sites for hydroxylation is 2. The highest BCUT2D eigenvalue weighted by Gasteiger charge is 2.34. The Balaban J connectivity index is 1.69. The van der Waals surface area contributed by atoms with Crippen molar-refractivity contribution < 1.29 is 23.1 Å². The molecule has 1 aliphatic rings. The first-order valence-corrected chi connectivity index (χ1v) is 11.5. The Kier molecular flexibility index (Phi) is 5.84. The summed E-state index contributed by atoms with van der Waals surface area (Å²) in [5.74, 6) is -1.57. The SMILES string of the molecule is Cc1nn(C)c(C)c1C(C)C(=O)N1CCN(S(=O)(=O)c2cc(C(=O)O)cs2)CC1. The largest absolute Gasteiger partial charge is 0.478 e. The van der Waals surface area contributed by atoms with E-state index in [2.05, 4.69) is 5.10 Å². The Labute approximate surface area is 173 Å². The lowest BCUT2D eigenvalue weighted by Gasteiger charge is -2.35. The van der Waals surface area contributed by atoms with Gasteiger partial charge < -0.3 is 10.0 Å². The molecular weight excluding hydrogens is 416 g/mol. The number of aromatic carboxylic acids is 1. The maximum atomic E-state index is 13.0. The van der Waals surface area contributed by atoms with Gasteiger partial charge in [-0.15, -0.1) is 11.3 Å². The third-order valence-electron chi connectivity index (χ3n) is 5.34. The molecule has 9 nitrogen and oxygen atoms in total. The van der Waals surface area contributed by atoms with Crippen LogP contribution in [-0.4, -0.2) is 70.6 Å². The van der Waals surface area contributed by atoms with Gasteiger partial charge in [0.2, 0.25) is 5.91 Å². The smallest absolute Gasteiger partial charge is 0.336 e. The Morgan fingerprint density at radius 3 is 2.31 bits per heavy atom. The molecule has 1 amide bonds. The van der Waals surface area contributed by atoms with Crippen LogP contribution in [0.25, 0.3) is 0 Å².